The van der Waals surface area contributed by atoms with Crippen molar-refractivity contribution in [2.75, 3.05) is 19.7 Å². The molecule has 3 rings (SSSR count). The smallest absolute Gasteiger partial charge is 0.133 e. The van der Waals surface area contributed by atoms with E-state index in [1.165, 1.54) is 12.1 Å². The standard InChI is InChI=1S/C17H21FN2O3/c1-12-9-16(19-23-12)17-3-2-8-20(17)10-14(21)11-22-15-6-4-13(18)5-7-15/h4-7,9,14,17,21H,2-3,8,10-11H2,1H3/t14-,17+/m0/s1. The van der Waals surface area contributed by atoms with Crippen molar-refractivity contribution in [1.29, 1.82) is 0 Å². The van der Waals surface area contributed by atoms with Crippen molar-refractivity contribution in [3.63, 3.8) is 0 Å². The Balaban J connectivity index is 1.52. The minimum absolute atomic E-state index is 0.173. The number of nitrogens with zero attached hydrogens (tertiary/aromatic N) is 2. The molecule has 1 aliphatic rings. The Labute approximate surface area is 134 Å². The van der Waals surface area contributed by atoms with Gasteiger partial charge in [-0.15, -0.1) is 0 Å². The van der Waals surface area contributed by atoms with E-state index in [2.05, 4.69) is 10.1 Å². The van der Waals surface area contributed by atoms with Crippen molar-refractivity contribution in [3.05, 3.63) is 47.6 Å². The summed E-state index contributed by atoms with van der Waals surface area (Å²) in [6.07, 6.45) is 1.47. The number of rotatable bonds is 6. The van der Waals surface area contributed by atoms with Crippen LogP contribution in [0.3, 0.4) is 0 Å². The molecule has 2 aromatic rings. The molecule has 1 N–H and O–H groups in total. The molecule has 1 aromatic heterocycles. The van der Waals surface area contributed by atoms with Gasteiger partial charge in [-0.1, -0.05) is 5.16 Å². The van der Waals surface area contributed by atoms with Gasteiger partial charge < -0.3 is 14.4 Å². The lowest BCUT2D eigenvalue weighted by Crippen LogP contribution is -2.35. The highest BCUT2D eigenvalue weighted by Gasteiger charge is 2.29. The van der Waals surface area contributed by atoms with E-state index in [1.807, 2.05) is 13.0 Å². The van der Waals surface area contributed by atoms with Gasteiger partial charge in [0, 0.05) is 12.6 Å². The maximum absolute atomic E-state index is 12.8. The van der Waals surface area contributed by atoms with Crippen LogP contribution in [0.15, 0.2) is 34.9 Å². The van der Waals surface area contributed by atoms with E-state index < -0.39 is 6.10 Å². The molecular weight excluding hydrogens is 299 g/mol. The second-order valence-electron chi connectivity index (χ2n) is 5.93. The fourth-order valence-corrected chi connectivity index (χ4v) is 2.97. The number of aryl methyl sites for hydroxylation is 1. The highest BCUT2D eigenvalue weighted by molar-refractivity contribution is 5.22. The van der Waals surface area contributed by atoms with E-state index in [9.17, 15) is 9.50 Å². The summed E-state index contributed by atoms with van der Waals surface area (Å²) >= 11 is 0. The molecule has 6 heteroatoms. The lowest BCUT2D eigenvalue weighted by atomic mass is 10.1. The first-order valence-electron chi connectivity index (χ1n) is 7.85. The van der Waals surface area contributed by atoms with Crippen molar-refractivity contribution in [3.8, 4) is 5.75 Å². The van der Waals surface area contributed by atoms with Crippen LogP contribution < -0.4 is 4.74 Å². The van der Waals surface area contributed by atoms with E-state index in [1.54, 1.807) is 12.1 Å². The zero-order chi connectivity index (χ0) is 16.2. The maximum atomic E-state index is 12.8. The first-order valence-corrected chi connectivity index (χ1v) is 7.85. The van der Waals surface area contributed by atoms with Gasteiger partial charge in [0.25, 0.3) is 0 Å². The molecule has 1 aliphatic heterocycles. The predicted molar refractivity (Wildman–Crippen MR) is 82.7 cm³/mol. The van der Waals surface area contributed by atoms with Crippen LogP contribution in [0.25, 0.3) is 0 Å². The normalized spacial score (nSPS) is 19.9. The van der Waals surface area contributed by atoms with Crippen LogP contribution in [0.2, 0.25) is 0 Å². The Morgan fingerprint density at radius 3 is 2.91 bits per heavy atom. The Bertz CT molecular complexity index is 629. The van der Waals surface area contributed by atoms with Crippen molar-refractivity contribution >= 4 is 0 Å². The molecule has 2 atom stereocenters. The molecule has 1 aromatic carbocycles. The lowest BCUT2D eigenvalue weighted by molar-refractivity contribution is 0.0628. The van der Waals surface area contributed by atoms with Crippen LogP contribution >= 0.6 is 0 Å². The quantitative estimate of drug-likeness (QED) is 0.887. The highest BCUT2D eigenvalue weighted by Crippen LogP contribution is 2.31. The monoisotopic (exact) mass is 320 g/mol. The summed E-state index contributed by atoms with van der Waals surface area (Å²) in [5.41, 5.74) is 0.923. The number of hydrogen-bond acceptors (Lipinski definition) is 5. The fourth-order valence-electron chi connectivity index (χ4n) is 2.97. The number of β-amino-alcohol motifs (C(OH)–C–C–N with tert-alkyl or cyclic N) is 1. The second-order valence-corrected chi connectivity index (χ2v) is 5.93. The summed E-state index contributed by atoms with van der Waals surface area (Å²) in [6, 6.07) is 7.92. The van der Waals surface area contributed by atoms with Gasteiger partial charge in [-0.05, 0) is 50.6 Å². The molecule has 0 spiro atoms. The number of likely N-dealkylation sites (tertiary alicyclic amines) is 1. The van der Waals surface area contributed by atoms with E-state index >= 15 is 0 Å². The molecule has 1 fully saturated rings. The Morgan fingerprint density at radius 2 is 2.22 bits per heavy atom. The van der Waals surface area contributed by atoms with Crippen molar-refractivity contribution < 1.29 is 18.8 Å². The molecule has 1 saturated heterocycles. The molecule has 2 heterocycles. The van der Waals surface area contributed by atoms with Gasteiger partial charge in [0.15, 0.2) is 0 Å². The average Bonchev–Trinajstić information content (AvgIpc) is 3.15. The summed E-state index contributed by atoms with van der Waals surface area (Å²) in [5.74, 6) is 1.04. The molecule has 0 aliphatic carbocycles. The minimum atomic E-state index is -0.617. The van der Waals surface area contributed by atoms with E-state index in [4.69, 9.17) is 9.26 Å². The topological polar surface area (TPSA) is 58.7 Å². The van der Waals surface area contributed by atoms with E-state index in [0.717, 1.165) is 30.8 Å². The number of aliphatic hydroxyl groups is 1. The third-order valence-corrected chi connectivity index (χ3v) is 4.05. The Hall–Kier alpha value is -1.92. The van der Waals surface area contributed by atoms with Gasteiger partial charge in [0.2, 0.25) is 0 Å². The lowest BCUT2D eigenvalue weighted by Gasteiger charge is -2.25. The van der Waals surface area contributed by atoms with Gasteiger partial charge in [0.1, 0.15) is 35.7 Å². The van der Waals surface area contributed by atoms with Crippen LogP contribution in [0.5, 0.6) is 5.75 Å². The largest absolute Gasteiger partial charge is 0.491 e. The van der Waals surface area contributed by atoms with Crippen molar-refractivity contribution in [2.45, 2.75) is 31.9 Å². The Morgan fingerprint density at radius 1 is 1.43 bits per heavy atom. The molecule has 23 heavy (non-hydrogen) atoms. The number of ether oxygens (including phenoxy) is 1. The first-order chi connectivity index (χ1) is 11.1. The summed E-state index contributed by atoms with van der Waals surface area (Å²) in [4.78, 5) is 2.20. The molecule has 124 valence electrons. The number of aliphatic hydroxyl groups excluding tert-OH is 1. The maximum Gasteiger partial charge on any atom is 0.133 e. The van der Waals surface area contributed by atoms with Gasteiger partial charge in [-0.3, -0.25) is 4.90 Å². The van der Waals surface area contributed by atoms with Crippen molar-refractivity contribution in [2.24, 2.45) is 0 Å². The summed E-state index contributed by atoms with van der Waals surface area (Å²) in [5, 5.41) is 14.3. The third kappa shape index (κ3) is 4.09. The highest BCUT2D eigenvalue weighted by atomic mass is 19.1. The molecule has 5 nitrogen and oxygen atoms in total. The number of halogens is 1. The van der Waals surface area contributed by atoms with E-state index in [0.29, 0.717) is 12.3 Å². The summed E-state index contributed by atoms with van der Waals surface area (Å²) < 4.78 is 23.5. The van der Waals surface area contributed by atoms with Crippen LogP contribution in [0, 0.1) is 12.7 Å². The van der Waals surface area contributed by atoms with E-state index in [-0.39, 0.29) is 18.5 Å². The molecule has 0 bridgehead atoms. The minimum Gasteiger partial charge on any atom is -0.491 e. The first kappa shape index (κ1) is 16.0. The van der Waals surface area contributed by atoms with Gasteiger partial charge in [-0.25, -0.2) is 4.39 Å². The van der Waals surface area contributed by atoms with Crippen LogP contribution in [0.1, 0.15) is 30.3 Å². The third-order valence-electron chi connectivity index (χ3n) is 4.05. The summed E-state index contributed by atoms with van der Waals surface area (Å²) in [6.45, 7) is 3.48. The van der Waals surface area contributed by atoms with Gasteiger partial charge in [0.05, 0.1) is 6.04 Å². The SMILES string of the molecule is Cc1cc([C@H]2CCCN2C[C@H](O)COc2ccc(F)cc2)no1. The molecule has 0 amide bonds. The molecule has 0 unspecified atom stereocenters. The predicted octanol–water partition coefficient (Wildman–Crippen LogP) is 2.70. The Kier molecular flexibility index (Phi) is 4.93. The van der Waals surface area contributed by atoms with Crippen LogP contribution in [-0.2, 0) is 0 Å². The van der Waals surface area contributed by atoms with Gasteiger partial charge >= 0.3 is 0 Å². The summed E-state index contributed by atoms with van der Waals surface area (Å²) in [7, 11) is 0. The zero-order valence-electron chi connectivity index (χ0n) is 13.1. The van der Waals surface area contributed by atoms with Gasteiger partial charge in [-0.2, -0.15) is 0 Å². The number of aromatic nitrogens is 1. The van der Waals surface area contributed by atoms with Crippen LogP contribution in [0.4, 0.5) is 4.39 Å². The zero-order valence-corrected chi connectivity index (χ0v) is 13.1. The average molecular weight is 320 g/mol. The number of hydrogen-bond donors (Lipinski definition) is 1. The molecule has 0 radical (unpaired) electrons. The van der Waals surface area contributed by atoms with Crippen LogP contribution in [-0.4, -0.2) is 41.0 Å². The molecule has 0 saturated carbocycles. The number of benzene rings is 1. The molecular formula is C17H21FN2O3. The second kappa shape index (κ2) is 7.10. The fraction of sp³-hybridized carbons (Fsp3) is 0.471. The van der Waals surface area contributed by atoms with Crippen molar-refractivity contribution in [1.82, 2.24) is 10.1 Å².